The topological polar surface area (TPSA) is 103 Å². The van der Waals surface area contributed by atoms with Crippen molar-refractivity contribution in [2.24, 2.45) is 16.5 Å². The van der Waals surface area contributed by atoms with Crippen molar-refractivity contribution in [3.05, 3.63) is 47.3 Å². The zero-order chi connectivity index (χ0) is 13.9. The Morgan fingerprint density at radius 1 is 1.10 bits per heavy atom. The Balaban J connectivity index is 1.88. The van der Waals surface area contributed by atoms with E-state index >= 15 is 0 Å². The van der Waals surface area contributed by atoms with Crippen LogP contribution in [0.5, 0.6) is 0 Å². The van der Waals surface area contributed by atoms with Crippen LogP contribution in [0.3, 0.4) is 0 Å². The van der Waals surface area contributed by atoms with E-state index in [1.165, 1.54) is 5.56 Å². The third-order valence-electron chi connectivity index (χ3n) is 3.50. The maximum absolute atomic E-state index is 5.34. The van der Waals surface area contributed by atoms with Crippen LogP contribution in [-0.4, -0.2) is 21.1 Å². The van der Waals surface area contributed by atoms with Crippen molar-refractivity contribution < 1.29 is 0 Å². The molecule has 6 heteroatoms. The first kappa shape index (κ1) is 12.5. The van der Waals surface area contributed by atoms with Crippen LogP contribution in [0.15, 0.2) is 35.3 Å². The molecule has 4 N–H and O–H groups in total. The summed E-state index contributed by atoms with van der Waals surface area (Å²) in [6.45, 7) is 0. The highest BCUT2D eigenvalue weighted by Gasteiger charge is 2.23. The third kappa shape index (κ3) is 2.59. The first-order chi connectivity index (χ1) is 9.72. The SMILES string of the molecule is NC(N)=Nc1nnc2c(n1)CC(c1ccccc1)CC2. The Labute approximate surface area is 117 Å². The summed E-state index contributed by atoms with van der Waals surface area (Å²) in [5.41, 5.74) is 13.9. The smallest absolute Gasteiger partial charge is 0.272 e. The monoisotopic (exact) mass is 268 g/mol. The van der Waals surface area contributed by atoms with Gasteiger partial charge in [0.05, 0.1) is 11.4 Å². The van der Waals surface area contributed by atoms with Gasteiger partial charge in [0.1, 0.15) is 0 Å². The first-order valence-corrected chi connectivity index (χ1v) is 6.59. The van der Waals surface area contributed by atoms with Crippen molar-refractivity contribution in [3.8, 4) is 0 Å². The number of nitrogens with two attached hydrogens (primary N) is 2. The van der Waals surface area contributed by atoms with Gasteiger partial charge in [-0.1, -0.05) is 30.3 Å². The number of hydrogen-bond donors (Lipinski definition) is 2. The number of nitrogens with zero attached hydrogens (tertiary/aromatic N) is 4. The summed E-state index contributed by atoms with van der Waals surface area (Å²) in [5, 5.41) is 8.09. The fourth-order valence-electron chi connectivity index (χ4n) is 2.55. The molecule has 1 heterocycles. The lowest BCUT2D eigenvalue weighted by Gasteiger charge is -2.22. The Kier molecular flexibility index (Phi) is 3.28. The number of guanidine groups is 1. The second-order valence-corrected chi connectivity index (χ2v) is 4.89. The van der Waals surface area contributed by atoms with E-state index in [1.54, 1.807) is 0 Å². The normalized spacial score (nSPS) is 17.3. The van der Waals surface area contributed by atoms with E-state index in [0.717, 1.165) is 30.7 Å². The van der Waals surface area contributed by atoms with Gasteiger partial charge >= 0.3 is 0 Å². The summed E-state index contributed by atoms with van der Waals surface area (Å²) in [4.78, 5) is 8.26. The Morgan fingerprint density at radius 2 is 1.90 bits per heavy atom. The molecule has 0 saturated heterocycles. The van der Waals surface area contributed by atoms with Crippen LogP contribution >= 0.6 is 0 Å². The summed E-state index contributed by atoms with van der Waals surface area (Å²) in [5.74, 6) is 0.645. The standard InChI is InChI=1S/C14H16N6/c15-13(16)18-14-17-12-8-10(6-7-11(12)19-20-14)9-4-2-1-3-5-9/h1-5,10H,6-8H2,(H4,15,16,17,18,20). The van der Waals surface area contributed by atoms with E-state index in [4.69, 9.17) is 11.5 Å². The van der Waals surface area contributed by atoms with Crippen LogP contribution in [0.1, 0.15) is 29.3 Å². The number of fused-ring (bicyclic) bond motifs is 1. The van der Waals surface area contributed by atoms with E-state index in [0.29, 0.717) is 5.92 Å². The van der Waals surface area contributed by atoms with Gasteiger partial charge in [-0.3, -0.25) is 0 Å². The van der Waals surface area contributed by atoms with Gasteiger partial charge in [-0.2, -0.15) is 4.99 Å². The summed E-state index contributed by atoms with van der Waals surface area (Å²) >= 11 is 0. The van der Waals surface area contributed by atoms with Gasteiger partial charge in [-0.25, -0.2) is 4.98 Å². The van der Waals surface area contributed by atoms with Gasteiger partial charge in [0.25, 0.3) is 5.95 Å². The minimum absolute atomic E-state index is 0.0535. The molecule has 0 radical (unpaired) electrons. The number of rotatable bonds is 2. The van der Waals surface area contributed by atoms with Crippen molar-refractivity contribution in [3.63, 3.8) is 0 Å². The maximum atomic E-state index is 5.34. The molecule has 1 aromatic carbocycles. The summed E-state index contributed by atoms with van der Waals surface area (Å²) in [6, 6.07) is 10.5. The average Bonchev–Trinajstić information content (AvgIpc) is 2.47. The van der Waals surface area contributed by atoms with Gasteiger partial charge in [-0.05, 0) is 30.7 Å². The molecule has 1 unspecified atom stereocenters. The summed E-state index contributed by atoms with van der Waals surface area (Å²) in [7, 11) is 0. The predicted octanol–water partition coefficient (Wildman–Crippen LogP) is 1.05. The molecule has 0 amide bonds. The van der Waals surface area contributed by atoms with E-state index in [9.17, 15) is 0 Å². The third-order valence-corrected chi connectivity index (χ3v) is 3.50. The molecule has 3 rings (SSSR count). The molecule has 2 aromatic rings. The van der Waals surface area contributed by atoms with E-state index in [2.05, 4.69) is 44.4 Å². The minimum Gasteiger partial charge on any atom is -0.370 e. The molecule has 1 aliphatic carbocycles. The molecular weight excluding hydrogens is 252 g/mol. The highest BCUT2D eigenvalue weighted by Crippen LogP contribution is 2.30. The van der Waals surface area contributed by atoms with Gasteiger partial charge in [0.2, 0.25) is 0 Å². The van der Waals surface area contributed by atoms with Crippen molar-refractivity contribution in [1.82, 2.24) is 15.2 Å². The van der Waals surface area contributed by atoms with Crippen molar-refractivity contribution in [2.45, 2.75) is 25.2 Å². The largest absolute Gasteiger partial charge is 0.370 e. The molecule has 102 valence electrons. The Morgan fingerprint density at radius 3 is 2.65 bits per heavy atom. The van der Waals surface area contributed by atoms with E-state index in [1.807, 2.05) is 6.07 Å². The molecule has 1 aromatic heterocycles. The van der Waals surface area contributed by atoms with Crippen molar-refractivity contribution in [1.29, 1.82) is 0 Å². The number of aromatic nitrogens is 3. The predicted molar refractivity (Wildman–Crippen MR) is 76.5 cm³/mol. The fourth-order valence-corrected chi connectivity index (χ4v) is 2.55. The van der Waals surface area contributed by atoms with Crippen LogP contribution in [0.4, 0.5) is 5.95 Å². The zero-order valence-corrected chi connectivity index (χ0v) is 11.0. The first-order valence-electron chi connectivity index (χ1n) is 6.59. The van der Waals surface area contributed by atoms with Crippen LogP contribution in [0.25, 0.3) is 0 Å². The Hall–Kier alpha value is -2.50. The summed E-state index contributed by atoms with van der Waals surface area (Å²) in [6.07, 6.45) is 2.80. The van der Waals surface area contributed by atoms with Crippen LogP contribution in [0, 0.1) is 0 Å². The molecule has 6 nitrogen and oxygen atoms in total. The highest BCUT2D eigenvalue weighted by molar-refractivity contribution is 5.77. The van der Waals surface area contributed by atoms with Gasteiger partial charge in [0.15, 0.2) is 5.96 Å². The zero-order valence-electron chi connectivity index (χ0n) is 11.0. The van der Waals surface area contributed by atoms with E-state index in [-0.39, 0.29) is 11.9 Å². The second kappa shape index (κ2) is 5.24. The van der Waals surface area contributed by atoms with Gasteiger partial charge in [0, 0.05) is 0 Å². The lowest BCUT2D eigenvalue weighted by molar-refractivity contribution is 0.553. The van der Waals surface area contributed by atoms with Crippen molar-refractivity contribution >= 4 is 11.9 Å². The lowest BCUT2D eigenvalue weighted by atomic mass is 9.84. The molecule has 0 spiro atoms. The Bertz CT molecular complexity index is 633. The molecule has 20 heavy (non-hydrogen) atoms. The summed E-state index contributed by atoms with van der Waals surface area (Å²) < 4.78 is 0. The highest BCUT2D eigenvalue weighted by atomic mass is 15.2. The number of aliphatic imine (C=N–C) groups is 1. The van der Waals surface area contributed by atoms with E-state index < -0.39 is 0 Å². The number of benzene rings is 1. The molecule has 0 saturated carbocycles. The van der Waals surface area contributed by atoms with Crippen molar-refractivity contribution in [2.75, 3.05) is 0 Å². The fraction of sp³-hybridized carbons (Fsp3) is 0.286. The second-order valence-electron chi connectivity index (χ2n) is 4.89. The maximum Gasteiger partial charge on any atom is 0.272 e. The van der Waals surface area contributed by atoms with Gasteiger partial charge in [-0.15, -0.1) is 10.2 Å². The van der Waals surface area contributed by atoms with Crippen LogP contribution < -0.4 is 11.5 Å². The number of hydrogen-bond acceptors (Lipinski definition) is 4. The lowest BCUT2D eigenvalue weighted by Crippen LogP contribution is -2.22. The molecule has 1 atom stereocenters. The van der Waals surface area contributed by atoms with Crippen LogP contribution in [-0.2, 0) is 12.8 Å². The van der Waals surface area contributed by atoms with Crippen LogP contribution in [0.2, 0.25) is 0 Å². The quantitative estimate of drug-likeness (QED) is 0.626. The molecular formula is C14H16N6. The molecule has 0 aliphatic heterocycles. The van der Waals surface area contributed by atoms with Gasteiger partial charge < -0.3 is 11.5 Å². The number of aryl methyl sites for hydroxylation is 1. The molecule has 0 fully saturated rings. The molecule has 0 bridgehead atoms. The minimum atomic E-state index is -0.0535. The average molecular weight is 268 g/mol. The molecule has 1 aliphatic rings.